The Hall–Kier alpha value is -2.79. The zero-order valence-electron chi connectivity index (χ0n) is 19.1. The van der Waals surface area contributed by atoms with Gasteiger partial charge in [-0.05, 0) is 74.2 Å². The van der Waals surface area contributed by atoms with E-state index in [9.17, 15) is 26.4 Å². The van der Waals surface area contributed by atoms with Crippen LogP contribution in [-0.4, -0.2) is 49.4 Å². The number of sulfonamides is 1. The number of benzene rings is 2. The molecule has 7 nitrogen and oxygen atoms in total. The molecule has 0 bridgehead atoms. The fourth-order valence-corrected chi connectivity index (χ4v) is 4.95. The fraction of sp³-hybridized carbons (Fsp3) is 0.435. The minimum atomic E-state index is -4.87. The molecule has 1 atom stereocenters. The number of hydrogen-bond donors (Lipinski definition) is 1. The van der Waals surface area contributed by atoms with E-state index in [2.05, 4.69) is 4.74 Å². The van der Waals surface area contributed by atoms with E-state index in [1.54, 1.807) is 25.1 Å². The number of aliphatic carboxylic acids is 1. The van der Waals surface area contributed by atoms with Crippen LogP contribution in [0, 0.1) is 6.92 Å². The summed E-state index contributed by atoms with van der Waals surface area (Å²) in [6.45, 7) is 5.59. The molecule has 0 aliphatic carbocycles. The third kappa shape index (κ3) is 8.21. The normalized spacial score (nSPS) is 13.0. The second-order valence-corrected chi connectivity index (χ2v) is 9.73. The number of hydrogen-bond acceptors (Lipinski definition) is 5. The summed E-state index contributed by atoms with van der Waals surface area (Å²) >= 11 is 0. The Morgan fingerprint density at radius 1 is 1.12 bits per heavy atom. The first kappa shape index (κ1) is 27.5. The average Bonchev–Trinajstić information content (AvgIpc) is 2.72. The van der Waals surface area contributed by atoms with Crippen molar-refractivity contribution in [1.82, 2.24) is 4.31 Å². The Morgan fingerprint density at radius 3 is 2.26 bits per heavy atom. The van der Waals surface area contributed by atoms with Gasteiger partial charge in [-0.2, -0.15) is 4.31 Å². The van der Waals surface area contributed by atoms with Crippen molar-refractivity contribution in [2.75, 3.05) is 13.1 Å². The highest BCUT2D eigenvalue weighted by Crippen LogP contribution is 2.26. The zero-order valence-corrected chi connectivity index (χ0v) is 19.9. The predicted octanol–water partition coefficient (Wildman–Crippen LogP) is 4.78. The number of aryl methyl sites for hydroxylation is 2. The van der Waals surface area contributed by atoms with E-state index in [1.807, 2.05) is 13.8 Å². The van der Waals surface area contributed by atoms with Crippen molar-refractivity contribution in [2.24, 2.45) is 0 Å². The summed E-state index contributed by atoms with van der Waals surface area (Å²) in [5, 5.41) is 8.84. The van der Waals surface area contributed by atoms with Gasteiger partial charge in [-0.25, -0.2) is 8.42 Å². The van der Waals surface area contributed by atoms with Crippen molar-refractivity contribution in [3.63, 3.8) is 0 Å². The van der Waals surface area contributed by atoms with E-state index in [4.69, 9.17) is 9.84 Å². The highest BCUT2D eigenvalue weighted by Gasteiger charge is 2.31. The molecule has 2 aromatic rings. The molecule has 0 amide bonds. The summed E-state index contributed by atoms with van der Waals surface area (Å²) in [6, 6.07) is 9.32. The monoisotopic (exact) mass is 503 g/mol. The Labute approximate surface area is 197 Å². The molecule has 34 heavy (non-hydrogen) atoms. The lowest BCUT2D eigenvalue weighted by Gasteiger charge is -2.26. The van der Waals surface area contributed by atoms with Crippen LogP contribution < -0.4 is 9.47 Å². The molecule has 2 aromatic carbocycles. The maximum atomic E-state index is 13.1. The molecule has 0 radical (unpaired) electrons. The first-order chi connectivity index (χ1) is 15.8. The van der Waals surface area contributed by atoms with Gasteiger partial charge in [0.2, 0.25) is 10.0 Å². The molecule has 0 aliphatic heterocycles. The standard InChI is InChI=1S/C23H28F3NO6S/c1-4-13-27(34(30,31)21-10-8-19(9-11-21)33-23(24,25)26)15-17(3)32-20-7-5-18(16(2)14-20)6-12-22(28)29/h5,7-11,14,17H,4,6,12-13,15H2,1-3H3,(H,28,29)/t17-/m1/s1. The molecule has 2 rings (SSSR count). The third-order valence-corrected chi connectivity index (χ3v) is 6.77. The SMILES string of the molecule is CCCN(C[C@@H](C)Oc1ccc(CCC(=O)O)c(C)c1)S(=O)(=O)c1ccc(OC(F)(F)F)cc1. The minimum Gasteiger partial charge on any atom is -0.489 e. The third-order valence-electron chi connectivity index (χ3n) is 4.89. The van der Waals surface area contributed by atoms with E-state index >= 15 is 0 Å². The first-order valence-corrected chi connectivity index (χ1v) is 12.1. The number of carbonyl (C=O) groups is 1. The van der Waals surface area contributed by atoms with Gasteiger partial charge in [0.1, 0.15) is 17.6 Å². The number of alkyl halides is 3. The Bertz CT molecular complexity index is 1070. The van der Waals surface area contributed by atoms with Gasteiger partial charge < -0.3 is 14.6 Å². The van der Waals surface area contributed by atoms with Crippen LogP contribution in [0.1, 0.15) is 37.8 Å². The summed E-state index contributed by atoms with van der Waals surface area (Å²) in [6.07, 6.45) is -4.46. The predicted molar refractivity (Wildman–Crippen MR) is 119 cm³/mol. The molecule has 1 N–H and O–H groups in total. The van der Waals surface area contributed by atoms with Crippen LogP contribution >= 0.6 is 0 Å². The van der Waals surface area contributed by atoms with E-state index < -0.39 is 34.2 Å². The maximum Gasteiger partial charge on any atom is 0.573 e. The van der Waals surface area contributed by atoms with Crippen LogP contribution in [0.15, 0.2) is 47.4 Å². The molecule has 11 heteroatoms. The molecule has 0 unspecified atom stereocenters. The minimum absolute atomic E-state index is 0.0184. The van der Waals surface area contributed by atoms with Crippen LogP contribution in [0.5, 0.6) is 11.5 Å². The van der Waals surface area contributed by atoms with Gasteiger partial charge in [-0.3, -0.25) is 4.79 Å². The van der Waals surface area contributed by atoms with Crippen LogP contribution in [0.4, 0.5) is 13.2 Å². The molecular weight excluding hydrogens is 475 g/mol. The summed E-state index contributed by atoms with van der Waals surface area (Å²) in [4.78, 5) is 10.6. The van der Waals surface area contributed by atoms with Gasteiger partial charge >= 0.3 is 12.3 Å². The van der Waals surface area contributed by atoms with Crippen molar-refractivity contribution >= 4 is 16.0 Å². The van der Waals surface area contributed by atoms with Crippen molar-refractivity contribution in [1.29, 1.82) is 0 Å². The number of rotatable bonds is 12. The van der Waals surface area contributed by atoms with Crippen molar-refractivity contribution in [3.8, 4) is 11.5 Å². The van der Waals surface area contributed by atoms with Gasteiger partial charge in [-0.15, -0.1) is 13.2 Å². The lowest BCUT2D eigenvalue weighted by atomic mass is 10.0. The molecule has 188 valence electrons. The lowest BCUT2D eigenvalue weighted by Crippen LogP contribution is -2.39. The van der Waals surface area contributed by atoms with Crippen LogP contribution in [0.25, 0.3) is 0 Å². The molecule has 0 aliphatic rings. The lowest BCUT2D eigenvalue weighted by molar-refractivity contribution is -0.274. The van der Waals surface area contributed by atoms with E-state index in [0.717, 1.165) is 35.4 Å². The van der Waals surface area contributed by atoms with E-state index in [0.29, 0.717) is 18.6 Å². The highest BCUT2D eigenvalue weighted by atomic mass is 32.2. The molecule has 0 saturated heterocycles. The smallest absolute Gasteiger partial charge is 0.489 e. The molecule has 0 heterocycles. The van der Waals surface area contributed by atoms with Crippen molar-refractivity contribution in [3.05, 3.63) is 53.6 Å². The van der Waals surface area contributed by atoms with Gasteiger partial charge in [0.15, 0.2) is 0 Å². The van der Waals surface area contributed by atoms with Crippen LogP contribution in [0.3, 0.4) is 0 Å². The summed E-state index contributed by atoms with van der Waals surface area (Å²) in [5.74, 6) is -0.868. The van der Waals surface area contributed by atoms with Crippen LogP contribution in [0.2, 0.25) is 0 Å². The van der Waals surface area contributed by atoms with Gasteiger partial charge in [0.25, 0.3) is 0 Å². The van der Waals surface area contributed by atoms with Gasteiger partial charge in [-0.1, -0.05) is 13.0 Å². The maximum absolute atomic E-state index is 13.1. The number of ether oxygens (including phenoxy) is 2. The van der Waals surface area contributed by atoms with E-state index in [1.165, 1.54) is 4.31 Å². The molecule has 0 fully saturated rings. The summed E-state index contributed by atoms with van der Waals surface area (Å²) < 4.78 is 74.2. The number of halogens is 3. The Balaban J connectivity index is 2.11. The van der Waals surface area contributed by atoms with Gasteiger partial charge in [0.05, 0.1) is 11.4 Å². The number of nitrogens with zero attached hydrogens (tertiary/aromatic N) is 1. The molecule has 0 aromatic heterocycles. The van der Waals surface area contributed by atoms with E-state index in [-0.39, 0.29) is 24.4 Å². The number of carboxylic acid groups (broad SMARTS) is 1. The second-order valence-electron chi connectivity index (χ2n) is 7.79. The van der Waals surface area contributed by atoms with Gasteiger partial charge in [0, 0.05) is 13.0 Å². The highest BCUT2D eigenvalue weighted by molar-refractivity contribution is 7.89. The topological polar surface area (TPSA) is 93.1 Å². The van der Waals surface area contributed by atoms with Crippen molar-refractivity contribution in [2.45, 2.75) is 57.4 Å². The quantitative estimate of drug-likeness (QED) is 0.448. The van der Waals surface area contributed by atoms with Crippen molar-refractivity contribution < 1.29 is 41.0 Å². The zero-order chi connectivity index (χ0) is 25.5. The summed E-state index contributed by atoms with van der Waals surface area (Å²) in [5.41, 5.74) is 1.75. The summed E-state index contributed by atoms with van der Waals surface area (Å²) in [7, 11) is -3.98. The first-order valence-electron chi connectivity index (χ1n) is 10.7. The number of carboxylic acids is 1. The fourth-order valence-electron chi connectivity index (χ4n) is 3.34. The molecule has 0 saturated carbocycles. The molecule has 0 spiro atoms. The second kappa shape index (κ2) is 11.6. The largest absolute Gasteiger partial charge is 0.573 e. The average molecular weight is 504 g/mol. The molecular formula is C23H28F3NO6S. The Kier molecular flexibility index (Phi) is 9.34. The Morgan fingerprint density at radius 2 is 1.74 bits per heavy atom. The van der Waals surface area contributed by atoms with Crippen LogP contribution in [-0.2, 0) is 21.2 Å².